The Bertz CT molecular complexity index is 469. The molecule has 0 N–H and O–H groups in total. The maximum Gasteiger partial charge on any atom is 0.119 e. The van der Waals surface area contributed by atoms with Crippen molar-refractivity contribution in [3.63, 3.8) is 0 Å². The molecule has 0 aliphatic heterocycles. The van der Waals surface area contributed by atoms with Crippen molar-refractivity contribution in [1.82, 2.24) is 0 Å². The first kappa shape index (κ1) is 11.3. The van der Waals surface area contributed by atoms with E-state index in [9.17, 15) is 0 Å². The molecule has 0 fully saturated rings. The van der Waals surface area contributed by atoms with Crippen LogP contribution in [0.15, 0.2) is 48.5 Å². The van der Waals surface area contributed by atoms with Crippen LogP contribution in [0.25, 0.3) is 0 Å². The molecule has 2 aromatic carbocycles. The monoisotopic (exact) mass is 252 g/mol. The van der Waals surface area contributed by atoms with E-state index in [4.69, 9.17) is 27.9 Å². The van der Waals surface area contributed by atoms with Crippen LogP contribution in [0.3, 0.4) is 0 Å². The van der Waals surface area contributed by atoms with Gasteiger partial charge in [-0.2, -0.15) is 0 Å². The highest BCUT2D eigenvalue weighted by atomic mass is 35.5. The molecule has 2 aromatic rings. The van der Waals surface area contributed by atoms with E-state index in [0.717, 1.165) is 11.3 Å². The lowest BCUT2D eigenvalue weighted by Gasteiger charge is -2.06. The summed E-state index contributed by atoms with van der Waals surface area (Å²) in [6.07, 6.45) is 0. The van der Waals surface area contributed by atoms with Crippen LogP contribution < -0.4 is 4.74 Å². The van der Waals surface area contributed by atoms with Gasteiger partial charge in [-0.05, 0) is 29.8 Å². The Kier molecular flexibility index (Phi) is 3.70. The molecule has 0 aliphatic rings. The molecule has 0 bridgehead atoms. The van der Waals surface area contributed by atoms with Crippen molar-refractivity contribution < 1.29 is 4.74 Å². The van der Waals surface area contributed by atoms with Crippen LogP contribution in [-0.2, 0) is 6.61 Å². The number of ether oxygens (including phenoxy) is 1. The highest BCUT2D eigenvalue weighted by molar-refractivity contribution is 6.42. The van der Waals surface area contributed by atoms with Crippen molar-refractivity contribution in [2.75, 3.05) is 0 Å². The van der Waals surface area contributed by atoms with Crippen LogP contribution in [0, 0.1) is 0 Å². The minimum Gasteiger partial charge on any atom is -0.489 e. The molecule has 0 aliphatic carbocycles. The molecule has 3 heteroatoms. The Morgan fingerprint density at radius 3 is 2.31 bits per heavy atom. The van der Waals surface area contributed by atoms with Crippen LogP contribution in [0.1, 0.15) is 5.56 Å². The largest absolute Gasteiger partial charge is 0.489 e. The van der Waals surface area contributed by atoms with E-state index < -0.39 is 0 Å². The van der Waals surface area contributed by atoms with Crippen molar-refractivity contribution in [3.05, 3.63) is 64.1 Å². The highest BCUT2D eigenvalue weighted by Crippen LogP contribution is 2.23. The van der Waals surface area contributed by atoms with E-state index in [0.29, 0.717) is 16.7 Å². The molecule has 0 radical (unpaired) electrons. The molecule has 2 rings (SSSR count). The first-order valence-electron chi connectivity index (χ1n) is 4.87. The van der Waals surface area contributed by atoms with Gasteiger partial charge in [-0.15, -0.1) is 0 Å². The second kappa shape index (κ2) is 5.24. The average Bonchev–Trinajstić information content (AvgIpc) is 2.32. The Morgan fingerprint density at radius 1 is 0.875 bits per heavy atom. The van der Waals surface area contributed by atoms with Gasteiger partial charge in [0, 0.05) is 0 Å². The zero-order valence-corrected chi connectivity index (χ0v) is 10.0. The van der Waals surface area contributed by atoms with E-state index in [1.54, 1.807) is 6.07 Å². The zero-order chi connectivity index (χ0) is 11.4. The third-order valence-electron chi connectivity index (χ3n) is 2.13. The summed E-state index contributed by atoms with van der Waals surface area (Å²) >= 11 is 11.7. The van der Waals surface area contributed by atoms with Crippen LogP contribution >= 0.6 is 23.2 Å². The summed E-state index contributed by atoms with van der Waals surface area (Å²) in [6.45, 7) is 0.487. The predicted octanol–water partition coefficient (Wildman–Crippen LogP) is 4.57. The molecule has 16 heavy (non-hydrogen) atoms. The van der Waals surface area contributed by atoms with Crippen LogP contribution in [0.4, 0.5) is 0 Å². The van der Waals surface area contributed by atoms with Gasteiger partial charge in [0.1, 0.15) is 12.4 Å². The second-order valence-electron chi connectivity index (χ2n) is 3.35. The summed E-state index contributed by atoms with van der Waals surface area (Å²) < 4.78 is 5.59. The molecule has 82 valence electrons. The molecule has 0 saturated carbocycles. The molecular weight excluding hydrogens is 243 g/mol. The molecular formula is C13H10Cl2O. The molecule has 0 aromatic heterocycles. The van der Waals surface area contributed by atoms with E-state index in [1.165, 1.54) is 0 Å². The number of para-hydroxylation sites is 1. The lowest BCUT2D eigenvalue weighted by molar-refractivity contribution is 0.306. The third kappa shape index (κ3) is 2.91. The lowest BCUT2D eigenvalue weighted by Crippen LogP contribution is -1.94. The fourth-order valence-electron chi connectivity index (χ4n) is 1.31. The van der Waals surface area contributed by atoms with Gasteiger partial charge in [-0.1, -0.05) is 47.5 Å². The fraction of sp³-hybridized carbons (Fsp3) is 0.0769. The van der Waals surface area contributed by atoms with Crippen molar-refractivity contribution in [2.45, 2.75) is 6.61 Å². The van der Waals surface area contributed by atoms with Crippen molar-refractivity contribution >= 4 is 23.2 Å². The smallest absolute Gasteiger partial charge is 0.119 e. The molecule has 0 atom stereocenters. The molecule has 0 amide bonds. The van der Waals surface area contributed by atoms with Crippen molar-refractivity contribution in [2.24, 2.45) is 0 Å². The van der Waals surface area contributed by atoms with Gasteiger partial charge < -0.3 is 4.74 Å². The van der Waals surface area contributed by atoms with Gasteiger partial charge >= 0.3 is 0 Å². The Hall–Kier alpha value is -1.18. The van der Waals surface area contributed by atoms with Crippen molar-refractivity contribution in [1.29, 1.82) is 0 Å². The summed E-state index contributed by atoms with van der Waals surface area (Å²) in [5.74, 6) is 0.841. The van der Waals surface area contributed by atoms with Gasteiger partial charge in [-0.3, -0.25) is 0 Å². The number of rotatable bonds is 3. The van der Waals surface area contributed by atoms with Gasteiger partial charge in [0.15, 0.2) is 0 Å². The minimum absolute atomic E-state index is 0.487. The van der Waals surface area contributed by atoms with Gasteiger partial charge in [-0.25, -0.2) is 0 Å². The lowest BCUT2D eigenvalue weighted by atomic mass is 10.2. The van der Waals surface area contributed by atoms with E-state index >= 15 is 0 Å². The molecule has 1 nitrogen and oxygen atoms in total. The summed E-state index contributed by atoms with van der Waals surface area (Å²) in [5.41, 5.74) is 0.998. The molecule has 0 saturated heterocycles. The first-order valence-corrected chi connectivity index (χ1v) is 5.63. The van der Waals surface area contributed by atoms with Crippen molar-refractivity contribution in [3.8, 4) is 5.75 Å². The van der Waals surface area contributed by atoms with E-state index in [-0.39, 0.29) is 0 Å². The maximum atomic E-state index is 5.91. The highest BCUT2D eigenvalue weighted by Gasteiger charge is 2.00. The number of halogens is 2. The quantitative estimate of drug-likeness (QED) is 0.778. The van der Waals surface area contributed by atoms with E-state index in [1.807, 2.05) is 42.5 Å². The van der Waals surface area contributed by atoms with Crippen LogP contribution in [0.5, 0.6) is 5.75 Å². The van der Waals surface area contributed by atoms with E-state index in [2.05, 4.69) is 0 Å². The summed E-state index contributed by atoms with van der Waals surface area (Å²) in [5, 5.41) is 1.11. The normalized spacial score (nSPS) is 10.1. The zero-order valence-electron chi connectivity index (χ0n) is 8.49. The summed E-state index contributed by atoms with van der Waals surface area (Å²) in [6, 6.07) is 15.1. The Balaban J connectivity index is 2.03. The van der Waals surface area contributed by atoms with Crippen LogP contribution in [0.2, 0.25) is 10.0 Å². The van der Waals surface area contributed by atoms with Crippen LogP contribution in [-0.4, -0.2) is 0 Å². The topological polar surface area (TPSA) is 9.23 Å². The molecule has 0 spiro atoms. The maximum absolute atomic E-state index is 5.91. The predicted molar refractivity (Wildman–Crippen MR) is 67.2 cm³/mol. The van der Waals surface area contributed by atoms with Gasteiger partial charge in [0.25, 0.3) is 0 Å². The Morgan fingerprint density at radius 2 is 1.62 bits per heavy atom. The van der Waals surface area contributed by atoms with Gasteiger partial charge in [0.05, 0.1) is 10.0 Å². The minimum atomic E-state index is 0.487. The van der Waals surface area contributed by atoms with Gasteiger partial charge in [0.2, 0.25) is 0 Å². The first-order chi connectivity index (χ1) is 7.75. The fourth-order valence-corrected chi connectivity index (χ4v) is 1.63. The second-order valence-corrected chi connectivity index (χ2v) is 4.16. The molecule has 0 heterocycles. The third-order valence-corrected chi connectivity index (χ3v) is 2.87. The SMILES string of the molecule is Clc1ccc(COc2ccccc2)cc1Cl. The Labute approximate surface area is 105 Å². The molecule has 0 unspecified atom stereocenters. The number of hydrogen-bond acceptors (Lipinski definition) is 1. The number of hydrogen-bond donors (Lipinski definition) is 0. The summed E-state index contributed by atoms with van der Waals surface area (Å²) in [4.78, 5) is 0. The summed E-state index contributed by atoms with van der Waals surface area (Å²) in [7, 11) is 0. The standard InChI is InChI=1S/C13H10Cl2O/c14-12-7-6-10(8-13(12)15)9-16-11-4-2-1-3-5-11/h1-8H,9H2. The average molecular weight is 253 g/mol. The number of benzene rings is 2.